The van der Waals surface area contributed by atoms with Crippen LogP contribution >= 0.6 is 11.6 Å². The van der Waals surface area contributed by atoms with Crippen molar-refractivity contribution >= 4 is 28.4 Å². The minimum Gasteiger partial charge on any atom is -0.346 e. The van der Waals surface area contributed by atoms with E-state index in [2.05, 4.69) is 53.1 Å². The molecule has 0 unspecified atom stereocenters. The molecular formula is C24H25ClN4O. The van der Waals surface area contributed by atoms with Crippen molar-refractivity contribution in [3.8, 4) is 0 Å². The second kappa shape index (κ2) is 8.36. The molecule has 0 fully saturated rings. The van der Waals surface area contributed by atoms with E-state index in [0.717, 1.165) is 23.1 Å². The Kier molecular flexibility index (Phi) is 5.64. The SMILES string of the molecule is CCn1ncc(Cl)c1CNC(=O)c1ccc2c(c1)c(C)c(C)n2Cc1ccccc1. The van der Waals surface area contributed by atoms with Crippen LogP contribution in [0.25, 0.3) is 10.9 Å². The molecule has 0 saturated carbocycles. The topological polar surface area (TPSA) is 51.9 Å². The van der Waals surface area contributed by atoms with Gasteiger partial charge in [0, 0.05) is 35.2 Å². The maximum atomic E-state index is 12.8. The van der Waals surface area contributed by atoms with Crippen LogP contribution in [-0.2, 0) is 19.6 Å². The molecule has 154 valence electrons. The van der Waals surface area contributed by atoms with Crippen molar-refractivity contribution < 1.29 is 4.79 Å². The van der Waals surface area contributed by atoms with Gasteiger partial charge in [0.2, 0.25) is 0 Å². The first-order valence-electron chi connectivity index (χ1n) is 10.1. The Morgan fingerprint density at radius 2 is 1.90 bits per heavy atom. The molecule has 2 heterocycles. The Morgan fingerprint density at radius 3 is 2.63 bits per heavy atom. The Labute approximate surface area is 181 Å². The largest absolute Gasteiger partial charge is 0.346 e. The number of aromatic nitrogens is 3. The second-order valence-corrected chi connectivity index (χ2v) is 7.86. The molecule has 0 bridgehead atoms. The van der Waals surface area contributed by atoms with Gasteiger partial charge in [0.1, 0.15) is 0 Å². The van der Waals surface area contributed by atoms with Crippen molar-refractivity contribution in [3.05, 3.63) is 87.8 Å². The number of amides is 1. The Balaban J connectivity index is 1.59. The van der Waals surface area contributed by atoms with Crippen molar-refractivity contribution in [1.82, 2.24) is 19.7 Å². The first-order valence-corrected chi connectivity index (χ1v) is 10.5. The molecule has 1 amide bonds. The van der Waals surface area contributed by atoms with E-state index in [-0.39, 0.29) is 5.91 Å². The summed E-state index contributed by atoms with van der Waals surface area (Å²) in [6, 6.07) is 16.3. The highest BCUT2D eigenvalue weighted by Gasteiger charge is 2.15. The predicted octanol–water partition coefficient (Wildman–Crippen LogP) is 5.11. The fourth-order valence-corrected chi connectivity index (χ4v) is 4.07. The van der Waals surface area contributed by atoms with E-state index in [1.54, 1.807) is 10.9 Å². The molecule has 4 rings (SSSR count). The van der Waals surface area contributed by atoms with Gasteiger partial charge < -0.3 is 9.88 Å². The third-order valence-electron chi connectivity index (χ3n) is 5.70. The van der Waals surface area contributed by atoms with Crippen LogP contribution in [0.1, 0.15) is 39.8 Å². The molecule has 0 saturated heterocycles. The van der Waals surface area contributed by atoms with Crippen LogP contribution in [0.2, 0.25) is 5.02 Å². The zero-order valence-electron chi connectivity index (χ0n) is 17.4. The number of hydrogen-bond acceptors (Lipinski definition) is 2. The Morgan fingerprint density at radius 1 is 1.13 bits per heavy atom. The zero-order valence-corrected chi connectivity index (χ0v) is 18.2. The lowest BCUT2D eigenvalue weighted by Gasteiger charge is -2.10. The number of fused-ring (bicyclic) bond motifs is 1. The Bertz CT molecular complexity index is 1210. The monoisotopic (exact) mass is 420 g/mol. The highest BCUT2D eigenvalue weighted by atomic mass is 35.5. The zero-order chi connectivity index (χ0) is 21.3. The van der Waals surface area contributed by atoms with Crippen molar-refractivity contribution in [2.75, 3.05) is 0 Å². The van der Waals surface area contributed by atoms with Crippen LogP contribution in [0.5, 0.6) is 0 Å². The molecule has 30 heavy (non-hydrogen) atoms. The summed E-state index contributed by atoms with van der Waals surface area (Å²) in [5, 5.41) is 8.86. The van der Waals surface area contributed by atoms with E-state index in [4.69, 9.17) is 11.6 Å². The van der Waals surface area contributed by atoms with E-state index < -0.39 is 0 Å². The van der Waals surface area contributed by atoms with Gasteiger partial charge in [0.25, 0.3) is 5.91 Å². The molecule has 0 aliphatic carbocycles. The minimum atomic E-state index is -0.121. The summed E-state index contributed by atoms with van der Waals surface area (Å²) < 4.78 is 4.10. The van der Waals surface area contributed by atoms with Crippen LogP contribution in [-0.4, -0.2) is 20.3 Å². The van der Waals surface area contributed by atoms with Gasteiger partial charge in [-0.15, -0.1) is 0 Å². The number of nitrogens with one attached hydrogen (secondary N) is 1. The standard InChI is InChI=1S/C24H25ClN4O/c1-4-29-23(21(25)13-27-29)14-26-24(30)19-10-11-22-20(12-19)16(2)17(3)28(22)15-18-8-6-5-7-9-18/h5-13H,4,14-15H2,1-3H3,(H,26,30). The maximum absolute atomic E-state index is 12.8. The van der Waals surface area contributed by atoms with Crippen LogP contribution in [0.15, 0.2) is 54.7 Å². The van der Waals surface area contributed by atoms with Gasteiger partial charge in [-0.05, 0) is 50.1 Å². The third-order valence-corrected chi connectivity index (χ3v) is 6.01. The average Bonchev–Trinajstić information content (AvgIpc) is 3.24. The molecule has 0 atom stereocenters. The minimum absolute atomic E-state index is 0.121. The first kappa shape index (κ1) is 20.2. The molecule has 4 aromatic rings. The van der Waals surface area contributed by atoms with Gasteiger partial charge in [-0.25, -0.2) is 0 Å². The Hall–Kier alpha value is -3.05. The fraction of sp³-hybridized carbons (Fsp3) is 0.250. The number of carbonyl (C=O) groups is 1. The quantitative estimate of drug-likeness (QED) is 0.471. The van der Waals surface area contributed by atoms with Gasteiger partial charge in [-0.3, -0.25) is 9.48 Å². The average molecular weight is 421 g/mol. The number of aryl methyl sites for hydroxylation is 2. The first-order chi connectivity index (χ1) is 14.5. The summed E-state index contributed by atoms with van der Waals surface area (Å²) in [6.45, 7) is 8.09. The van der Waals surface area contributed by atoms with Gasteiger partial charge in [-0.1, -0.05) is 41.9 Å². The van der Waals surface area contributed by atoms with Crippen LogP contribution in [0.4, 0.5) is 0 Å². The molecule has 0 aliphatic heterocycles. The molecular weight excluding hydrogens is 396 g/mol. The van der Waals surface area contributed by atoms with Gasteiger partial charge in [0.15, 0.2) is 0 Å². The van der Waals surface area contributed by atoms with E-state index in [1.807, 2.05) is 31.2 Å². The lowest BCUT2D eigenvalue weighted by molar-refractivity contribution is 0.0950. The number of rotatable bonds is 6. The summed E-state index contributed by atoms with van der Waals surface area (Å²) in [5.41, 5.74) is 6.25. The number of benzene rings is 2. The maximum Gasteiger partial charge on any atom is 0.251 e. The normalized spacial score (nSPS) is 11.2. The van der Waals surface area contributed by atoms with Crippen LogP contribution < -0.4 is 5.32 Å². The highest BCUT2D eigenvalue weighted by molar-refractivity contribution is 6.31. The fourth-order valence-electron chi connectivity index (χ4n) is 3.86. The molecule has 6 heteroatoms. The molecule has 2 aromatic heterocycles. The summed E-state index contributed by atoms with van der Waals surface area (Å²) in [5.74, 6) is -0.121. The van der Waals surface area contributed by atoms with E-state index in [0.29, 0.717) is 23.7 Å². The molecule has 1 N–H and O–H groups in total. The van der Waals surface area contributed by atoms with Gasteiger partial charge >= 0.3 is 0 Å². The predicted molar refractivity (Wildman–Crippen MR) is 121 cm³/mol. The smallest absolute Gasteiger partial charge is 0.251 e. The highest BCUT2D eigenvalue weighted by Crippen LogP contribution is 2.27. The van der Waals surface area contributed by atoms with Crippen LogP contribution in [0.3, 0.4) is 0 Å². The summed E-state index contributed by atoms with van der Waals surface area (Å²) in [7, 11) is 0. The van der Waals surface area contributed by atoms with Crippen molar-refractivity contribution in [3.63, 3.8) is 0 Å². The van der Waals surface area contributed by atoms with E-state index in [9.17, 15) is 4.79 Å². The lowest BCUT2D eigenvalue weighted by atomic mass is 10.1. The third kappa shape index (κ3) is 3.73. The molecule has 0 aliphatic rings. The number of nitrogens with zero attached hydrogens (tertiary/aromatic N) is 3. The van der Waals surface area contributed by atoms with E-state index in [1.165, 1.54) is 16.8 Å². The molecule has 2 aromatic carbocycles. The number of carbonyl (C=O) groups excluding carboxylic acids is 1. The summed E-state index contributed by atoms with van der Waals surface area (Å²) in [4.78, 5) is 12.8. The van der Waals surface area contributed by atoms with Crippen molar-refractivity contribution in [1.29, 1.82) is 0 Å². The number of halogens is 1. The van der Waals surface area contributed by atoms with Gasteiger partial charge in [0.05, 0.1) is 23.5 Å². The van der Waals surface area contributed by atoms with E-state index >= 15 is 0 Å². The molecule has 5 nitrogen and oxygen atoms in total. The summed E-state index contributed by atoms with van der Waals surface area (Å²) >= 11 is 6.20. The summed E-state index contributed by atoms with van der Waals surface area (Å²) in [6.07, 6.45) is 1.61. The van der Waals surface area contributed by atoms with Gasteiger partial charge in [-0.2, -0.15) is 5.10 Å². The van der Waals surface area contributed by atoms with Crippen molar-refractivity contribution in [2.24, 2.45) is 0 Å². The lowest BCUT2D eigenvalue weighted by Crippen LogP contribution is -2.24. The second-order valence-electron chi connectivity index (χ2n) is 7.45. The van der Waals surface area contributed by atoms with Crippen LogP contribution in [0, 0.1) is 13.8 Å². The number of hydrogen-bond donors (Lipinski definition) is 1. The molecule has 0 spiro atoms. The van der Waals surface area contributed by atoms with Crippen molar-refractivity contribution in [2.45, 2.75) is 40.4 Å². The molecule has 0 radical (unpaired) electrons.